The van der Waals surface area contributed by atoms with Gasteiger partial charge in [-0.25, -0.2) is 0 Å². The van der Waals surface area contributed by atoms with Gasteiger partial charge in [-0.2, -0.15) is 0 Å². The van der Waals surface area contributed by atoms with Crippen LogP contribution in [0.4, 0.5) is 0 Å². The number of carbonyl (C=O) groups is 2. The summed E-state index contributed by atoms with van der Waals surface area (Å²) >= 11 is 1.47. The van der Waals surface area contributed by atoms with Crippen LogP contribution in [0.15, 0.2) is 23.6 Å². The number of hydrogen-bond donors (Lipinski definition) is 0. The largest absolute Gasteiger partial charge is 0.336 e. The molecule has 1 aromatic carbocycles. The quantitative estimate of drug-likeness (QED) is 0.795. The highest BCUT2D eigenvalue weighted by molar-refractivity contribution is 7.18. The fraction of sp³-hybridized carbons (Fsp3) is 0.333. The predicted molar refractivity (Wildman–Crippen MR) is 80.6 cm³/mol. The fourth-order valence-corrected chi connectivity index (χ4v) is 3.54. The van der Waals surface area contributed by atoms with E-state index in [4.69, 9.17) is 0 Å². The number of carbonyl (C=O) groups excluding carboxylic acids is 2. The van der Waals surface area contributed by atoms with Crippen molar-refractivity contribution < 1.29 is 9.59 Å². The van der Waals surface area contributed by atoms with Gasteiger partial charge in [-0.3, -0.25) is 9.59 Å². The van der Waals surface area contributed by atoms with Crippen molar-refractivity contribution in [3.63, 3.8) is 0 Å². The van der Waals surface area contributed by atoms with Crippen LogP contribution in [0.25, 0.3) is 10.1 Å². The second kappa shape index (κ2) is 5.34. The van der Waals surface area contributed by atoms with Crippen molar-refractivity contribution in [2.24, 2.45) is 0 Å². The molecule has 1 aliphatic heterocycles. The Morgan fingerprint density at radius 2 is 2.00 bits per heavy atom. The Hall–Kier alpha value is -1.72. The van der Waals surface area contributed by atoms with Crippen molar-refractivity contribution in [2.75, 3.05) is 33.2 Å². The Morgan fingerprint density at radius 1 is 1.25 bits per heavy atom. The zero-order valence-corrected chi connectivity index (χ0v) is 12.2. The molecule has 1 saturated heterocycles. The topological polar surface area (TPSA) is 40.6 Å². The van der Waals surface area contributed by atoms with E-state index in [1.807, 2.05) is 28.5 Å². The molecule has 4 nitrogen and oxygen atoms in total. The molecule has 1 aromatic heterocycles. The van der Waals surface area contributed by atoms with Gasteiger partial charge < -0.3 is 9.80 Å². The van der Waals surface area contributed by atoms with E-state index >= 15 is 0 Å². The molecule has 1 amide bonds. The molecule has 2 aromatic rings. The lowest BCUT2D eigenvalue weighted by atomic mass is 10.1. The highest BCUT2D eigenvalue weighted by Gasteiger charge is 2.22. The molecule has 0 spiro atoms. The highest BCUT2D eigenvalue weighted by Crippen LogP contribution is 2.29. The molecule has 0 atom stereocenters. The van der Waals surface area contributed by atoms with Gasteiger partial charge in [0.05, 0.1) is 5.56 Å². The van der Waals surface area contributed by atoms with Crippen LogP contribution in [0.1, 0.15) is 20.7 Å². The lowest BCUT2D eigenvalue weighted by Gasteiger charge is -2.32. The minimum absolute atomic E-state index is 0.0722. The molecule has 3 rings (SSSR count). The molecule has 0 bridgehead atoms. The third-order valence-electron chi connectivity index (χ3n) is 3.78. The van der Waals surface area contributed by atoms with Gasteiger partial charge in [0.15, 0.2) is 6.29 Å². The molecule has 20 heavy (non-hydrogen) atoms. The number of thiophene rings is 1. The number of likely N-dealkylation sites (N-methyl/N-ethyl adjacent to an activating group) is 1. The maximum absolute atomic E-state index is 12.6. The number of rotatable bonds is 2. The molecule has 0 saturated carbocycles. The van der Waals surface area contributed by atoms with E-state index in [2.05, 4.69) is 11.9 Å². The number of piperazine rings is 1. The normalized spacial score (nSPS) is 16.6. The molecule has 2 heterocycles. The first-order valence-corrected chi connectivity index (χ1v) is 7.52. The maximum atomic E-state index is 12.6. The van der Waals surface area contributed by atoms with E-state index in [1.165, 1.54) is 11.3 Å². The lowest BCUT2D eigenvalue weighted by molar-refractivity contribution is 0.0666. The van der Waals surface area contributed by atoms with E-state index in [1.54, 1.807) is 0 Å². The monoisotopic (exact) mass is 288 g/mol. The van der Waals surface area contributed by atoms with E-state index in [9.17, 15) is 9.59 Å². The molecule has 5 heteroatoms. The minimum atomic E-state index is 0.0722. The standard InChI is InChI=1S/C15H16N2O2S/c1-16-5-7-17(8-6-16)15(19)13-4-2-3-12-11(9-18)10-20-14(12)13/h2-4,9-10H,5-8H2,1H3. The van der Waals surface area contributed by atoms with Crippen LogP contribution in [0.5, 0.6) is 0 Å². The summed E-state index contributed by atoms with van der Waals surface area (Å²) in [6.07, 6.45) is 0.850. The summed E-state index contributed by atoms with van der Waals surface area (Å²) in [5, 5.41) is 2.70. The summed E-state index contributed by atoms with van der Waals surface area (Å²) in [4.78, 5) is 27.8. The SMILES string of the molecule is CN1CCN(C(=O)c2cccc3c(C=O)csc23)CC1. The van der Waals surface area contributed by atoms with Crippen molar-refractivity contribution in [1.29, 1.82) is 0 Å². The van der Waals surface area contributed by atoms with Gasteiger partial charge in [-0.1, -0.05) is 12.1 Å². The highest BCUT2D eigenvalue weighted by atomic mass is 32.1. The van der Waals surface area contributed by atoms with E-state index < -0.39 is 0 Å². The van der Waals surface area contributed by atoms with Gasteiger partial charge in [0.25, 0.3) is 5.91 Å². The third-order valence-corrected chi connectivity index (χ3v) is 4.82. The van der Waals surface area contributed by atoms with Gasteiger partial charge in [0.2, 0.25) is 0 Å². The average molecular weight is 288 g/mol. The van der Waals surface area contributed by atoms with Gasteiger partial charge in [0, 0.05) is 47.2 Å². The van der Waals surface area contributed by atoms with Gasteiger partial charge >= 0.3 is 0 Å². The number of amides is 1. The molecule has 0 aliphatic carbocycles. The van der Waals surface area contributed by atoms with Crippen molar-refractivity contribution in [2.45, 2.75) is 0 Å². The van der Waals surface area contributed by atoms with Crippen LogP contribution in [-0.2, 0) is 0 Å². The van der Waals surface area contributed by atoms with Gasteiger partial charge in [-0.05, 0) is 13.1 Å². The molecule has 1 fully saturated rings. The Kier molecular flexibility index (Phi) is 3.54. The maximum Gasteiger partial charge on any atom is 0.255 e. The summed E-state index contributed by atoms with van der Waals surface area (Å²) < 4.78 is 0.915. The summed E-state index contributed by atoms with van der Waals surface area (Å²) in [5.74, 6) is 0.0722. The summed E-state index contributed by atoms with van der Waals surface area (Å²) in [5.41, 5.74) is 1.38. The summed E-state index contributed by atoms with van der Waals surface area (Å²) in [7, 11) is 2.07. The van der Waals surface area contributed by atoms with E-state index in [0.29, 0.717) is 11.1 Å². The van der Waals surface area contributed by atoms with E-state index in [0.717, 1.165) is 42.6 Å². The van der Waals surface area contributed by atoms with Gasteiger partial charge in [0.1, 0.15) is 0 Å². The zero-order valence-electron chi connectivity index (χ0n) is 11.3. The number of aldehydes is 1. The van der Waals surface area contributed by atoms with Crippen LogP contribution in [0.2, 0.25) is 0 Å². The summed E-state index contributed by atoms with van der Waals surface area (Å²) in [6, 6.07) is 5.61. The first-order valence-electron chi connectivity index (χ1n) is 6.64. The molecule has 0 N–H and O–H groups in total. The average Bonchev–Trinajstić information content (AvgIpc) is 2.90. The molecule has 1 aliphatic rings. The van der Waals surface area contributed by atoms with Crippen LogP contribution >= 0.6 is 11.3 Å². The molecule has 104 valence electrons. The zero-order chi connectivity index (χ0) is 14.1. The van der Waals surface area contributed by atoms with Gasteiger partial charge in [-0.15, -0.1) is 11.3 Å². The predicted octanol–water partition coefficient (Wildman–Crippen LogP) is 2.10. The van der Waals surface area contributed by atoms with E-state index in [-0.39, 0.29) is 5.91 Å². The Morgan fingerprint density at radius 3 is 2.70 bits per heavy atom. The van der Waals surface area contributed by atoms with Crippen molar-refractivity contribution >= 4 is 33.6 Å². The first-order chi connectivity index (χ1) is 9.70. The fourth-order valence-electron chi connectivity index (χ4n) is 2.52. The molecular weight excluding hydrogens is 272 g/mol. The molecule has 0 radical (unpaired) electrons. The van der Waals surface area contributed by atoms with Crippen LogP contribution in [0.3, 0.4) is 0 Å². The minimum Gasteiger partial charge on any atom is -0.336 e. The van der Waals surface area contributed by atoms with Crippen molar-refractivity contribution in [3.8, 4) is 0 Å². The van der Waals surface area contributed by atoms with Crippen LogP contribution in [-0.4, -0.2) is 55.2 Å². The van der Waals surface area contributed by atoms with Crippen LogP contribution in [0, 0.1) is 0 Å². The van der Waals surface area contributed by atoms with Crippen molar-refractivity contribution in [1.82, 2.24) is 9.80 Å². The first kappa shape index (κ1) is 13.3. The number of benzene rings is 1. The summed E-state index contributed by atoms with van der Waals surface area (Å²) in [6.45, 7) is 3.34. The second-order valence-corrected chi connectivity index (χ2v) is 5.97. The number of fused-ring (bicyclic) bond motifs is 1. The van der Waals surface area contributed by atoms with Crippen LogP contribution < -0.4 is 0 Å². The molecular formula is C15H16N2O2S. The van der Waals surface area contributed by atoms with Crippen molar-refractivity contribution in [3.05, 3.63) is 34.7 Å². The Bertz CT molecular complexity index is 657. The lowest BCUT2D eigenvalue weighted by Crippen LogP contribution is -2.47. The number of hydrogen-bond acceptors (Lipinski definition) is 4. The molecule has 0 unspecified atom stereocenters. The number of nitrogens with zero attached hydrogens (tertiary/aromatic N) is 2. The third kappa shape index (κ3) is 2.23. The Balaban J connectivity index is 1.95. The second-order valence-electron chi connectivity index (χ2n) is 5.09. The Labute approximate surface area is 121 Å². The smallest absolute Gasteiger partial charge is 0.255 e.